The molecule has 1 rings (SSSR count). The third kappa shape index (κ3) is 1.98. The van der Waals surface area contributed by atoms with Crippen LogP contribution in [0.5, 0.6) is 0 Å². The summed E-state index contributed by atoms with van der Waals surface area (Å²) in [7, 11) is 0. The van der Waals surface area contributed by atoms with E-state index >= 15 is 0 Å². The second kappa shape index (κ2) is 3.15. The lowest BCUT2D eigenvalue weighted by Gasteiger charge is -2.42. The number of rotatable bonds is 2. The Labute approximate surface area is 71.4 Å². The van der Waals surface area contributed by atoms with Crippen LogP contribution in [0.3, 0.4) is 0 Å². The van der Waals surface area contributed by atoms with Crippen molar-refractivity contribution in [3.63, 3.8) is 0 Å². The molecule has 0 radical (unpaired) electrons. The monoisotopic (exact) mass is 171 g/mol. The highest BCUT2D eigenvalue weighted by Gasteiger charge is 2.40. The van der Waals surface area contributed by atoms with Crippen molar-refractivity contribution in [1.29, 1.82) is 0 Å². The average molecular weight is 171 g/mol. The number of amides is 1. The number of nitrogens with zero attached hydrogens (tertiary/aromatic N) is 1. The molecule has 1 N–H and O–H groups in total. The molecule has 0 spiro atoms. The third-order valence-corrected chi connectivity index (χ3v) is 1.65. The zero-order chi connectivity index (χ0) is 9.19. The van der Waals surface area contributed by atoms with Crippen molar-refractivity contribution in [2.75, 3.05) is 19.7 Å². The van der Waals surface area contributed by atoms with Crippen LogP contribution in [-0.2, 0) is 4.74 Å². The van der Waals surface area contributed by atoms with Crippen LogP contribution >= 0.6 is 0 Å². The molecule has 0 aromatic heterocycles. The van der Waals surface area contributed by atoms with Gasteiger partial charge in [-0.15, -0.1) is 0 Å². The molecule has 0 aromatic rings. The van der Waals surface area contributed by atoms with Gasteiger partial charge in [0, 0.05) is 0 Å². The number of carbonyl (C=O) groups excluding carboxylic acids is 1. The van der Waals surface area contributed by atoms with Crippen LogP contribution in [0.15, 0.2) is 12.7 Å². The fraction of sp³-hybridized carbons (Fsp3) is 0.625. The van der Waals surface area contributed by atoms with E-state index in [1.165, 1.54) is 11.0 Å². The Balaban J connectivity index is 2.24. The minimum atomic E-state index is -0.729. The molecular weight excluding hydrogens is 158 g/mol. The van der Waals surface area contributed by atoms with Gasteiger partial charge in [-0.25, -0.2) is 4.79 Å². The van der Waals surface area contributed by atoms with Gasteiger partial charge in [-0.05, 0) is 6.92 Å². The Kier molecular flexibility index (Phi) is 2.38. The zero-order valence-electron chi connectivity index (χ0n) is 7.12. The highest BCUT2D eigenvalue weighted by atomic mass is 16.6. The summed E-state index contributed by atoms with van der Waals surface area (Å²) >= 11 is 0. The van der Waals surface area contributed by atoms with Gasteiger partial charge < -0.3 is 14.7 Å². The number of likely N-dealkylation sites (tertiary alicyclic amines) is 1. The number of β-amino-alcohol motifs (C(OH)–C–C–N with tert-alkyl or cyclic N) is 1. The van der Waals surface area contributed by atoms with Crippen molar-refractivity contribution in [1.82, 2.24) is 4.90 Å². The number of hydrogen-bond acceptors (Lipinski definition) is 3. The maximum Gasteiger partial charge on any atom is 0.410 e. The Morgan fingerprint density at radius 2 is 2.42 bits per heavy atom. The van der Waals surface area contributed by atoms with Gasteiger partial charge >= 0.3 is 6.09 Å². The molecule has 1 heterocycles. The fourth-order valence-electron chi connectivity index (χ4n) is 1.13. The van der Waals surface area contributed by atoms with Crippen LogP contribution in [0.2, 0.25) is 0 Å². The summed E-state index contributed by atoms with van der Waals surface area (Å²) in [6.07, 6.45) is 1.12. The Hall–Kier alpha value is -1.03. The molecule has 0 aromatic carbocycles. The zero-order valence-corrected chi connectivity index (χ0v) is 7.12. The predicted octanol–water partition coefficient (Wildman–Crippen LogP) is 0.376. The molecule has 1 saturated heterocycles. The predicted molar refractivity (Wildman–Crippen MR) is 43.7 cm³/mol. The van der Waals surface area contributed by atoms with Crippen molar-refractivity contribution in [3.8, 4) is 0 Å². The first-order valence-electron chi connectivity index (χ1n) is 3.80. The number of hydrogen-bond donors (Lipinski definition) is 1. The first-order chi connectivity index (χ1) is 5.55. The quantitative estimate of drug-likeness (QED) is 0.611. The minimum absolute atomic E-state index is 0.220. The lowest BCUT2D eigenvalue weighted by Crippen LogP contribution is -2.61. The molecule has 0 saturated carbocycles. The minimum Gasteiger partial charge on any atom is -0.445 e. The van der Waals surface area contributed by atoms with E-state index in [-0.39, 0.29) is 12.7 Å². The van der Waals surface area contributed by atoms with Crippen molar-refractivity contribution >= 4 is 6.09 Å². The van der Waals surface area contributed by atoms with Gasteiger partial charge in [-0.3, -0.25) is 0 Å². The molecule has 1 fully saturated rings. The normalized spacial score (nSPS) is 19.7. The summed E-state index contributed by atoms with van der Waals surface area (Å²) in [5, 5.41) is 9.29. The van der Waals surface area contributed by atoms with E-state index in [9.17, 15) is 9.90 Å². The molecule has 4 heteroatoms. The summed E-state index contributed by atoms with van der Waals surface area (Å²) < 4.78 is 4.75. The van der Waals surface area contributed by atoms with Gasteiger partial charge in [0.15, 0.2) is 0 Å². The van der Waals surface area contributed by atoms with Crippen molar-refractivity contribution in [2.24, 2.45) is 0 Å². The summed E-state index contributed by atoms with van der Waals surface area (Å²) in [6, 6.07) is 0. The summed E-state index contributed by atoms with van der Waals surface area (Å²) in [6.45, 7) is 6.02. The van der Waals surface area contributed by atoms with Gasteiger partial charge in [0.05, 0.1) is 18.7 Å². The highest BCUT2D eigenvalue weighted by Crippen LogP contribution is 2.20. The number of aliphatic hydroxyl groups is 1. The summed E-state index contributed by atoms with van der Waals surface area (Å²) in [4.78, 5) is 12.5. The van der Waals surface area contributed by atoms with Crippen LogP contribution in [0.1, 0.15) is 6.92 Å². The first-order valence-corrected chi connectivity index (χ1v) is 3.80. The molecule has 0 bridgehead atoms. The van der Waals surface area contributed by atoms with Gasteiger partial charge in [0.1, 0.15) is 6.61 Å². The molecule has 1 aliphatic rings. The van der Waals surface area contributed by atoms with Crippen LogP contribution in [0.25, 0.3) is 0 Å². The molecule has 68 valence electrons. The average Bonchev–Trinajstić information content (AvgIpc) is 1.95. The van der Waals surface area contributed by atoms with Crippen molar-refractivity contribution in [3.05, 3.63) is 12.7 Å². The van der Waals surface area contributed by atoms with E-state index in [4.69, 9.17) is 4.74 Å². The van der Waals surface area contributed by atoms with E-state index < -0.39 is 5.60 Å². The molecule has 0 aliphatic carbocycles. The Bertz CT molecular complexity index is 192. The maximum atomic E-state index is 11.0. The SMILES string of the molecule is C=CCOC(=O)N1CC(C)(O)C1. The van der Waals surface area contributed by atoms with Crippen LogP contribution in [0, 0.1) is 0 Å². The first kappa shape index (κ1) is 9.06. The van der Waals surface area contributed by atoms with Gasteiger partial charge in [0.25, 0.3) is 0 Å². The van der Waals surface area contributed by atoms with Crippen LogP contribution in [-0.4, -0.2) is 41.4 Å². The van der Waals surface area contributed by atoms with Crippen LogP contribution < -0.4 is 0 Å². The highest BCUT2D eigenvalue weighted by molar-refractivity contribution is 5.69. The molecule has 1 amide bonds. The van der Waals surface area contributed by atoms with Crippen molar-refractivity contribution in [2.45, 2.75) is 12.5 Å². The smallest absolute Gasteiger partial charge is 0.410 e. The van der Waals surface area contributed by atoms with Crippen molar-refractivity contribution < 1.29 is 14.6 Å². The molecular formula is C8H13NO3. The van der Waals surface area contributed by atoms with Gasteiger partial charge in [-0.2, -0.15) is 0 Å². The Morgan fingerprint density at radius 1 is 1.83 bits per heavy atom. The third-order valence-electron chi connectivity index (χ3n) is 1.65. The standard InChI is InChI=1S/C8H13NO3/c1-3-4-12-7(10)9-5-8(2,11)6-9/h3,11H,1,4-6H2,2H3. The fourth-order valence-corrected chi connectivity index (χ4v) is 1.13. The topological polar surface area (TPSA) is 49.8 Å². The van der Waals surface area contributed by atoms with E-state index in [1.54, 1.807) is 6.92 Å². The van der Waals surface area contributed by atoms with Gasteiger partial charge in [-0.1, -0.05) is 12.7 Å². The molecule has 0 atom stereocenters. The maximum absolute atomic E-state index is 11.0. The summed E-state index contributed by atoms with van der Waals surface area (Å²) in [5.41, 5.74) is -0.729. The van der Waals surface area contributed by atoms with E-state index in [2.05, 4.69) is 6.58 Å². The number of carbonyl (C=O) groups is 1. The second-order valence-corrected chi connectivity index (χ2v) is 3.22. The van der Waals surface area contributed by atoms with Crippen LogP contribution in [0.4, 0.5) is 4.79 Å². The molecule has 12 heavy (non-hydrogen) atoms. The lowest BCUT2D eigenvalue weighted by atomic mass is 9.98. The molecule has 1 aliphatic heterocycles. The molecule has 4 nitrogen and oxygen atoms in total. The largest absolute Gasteiger partial charge is 0.445 e. The van der Waals surface area contributed by atoms with E-state index in [1.807, 2.05) is 0 Å². The second-order valence-electron chi connectivity index (χ2n) is 3.22. The lowest BCUT2D eigenvalue weighted by molar-refractivity contribution is -0.0739. The van der Waals surface area contributed by atoms with Gasteiger partial charge in [0.2, 0.25) is 0 Å². The van der Waals surface area contributed by atoms with E-state index in [0.717, 1.165) is 0 Å². The van der Waals surface area contributed by atoms with E-state index in [0.29, 0.717) is 13.1 Å². The Morgan fingerprint density at radius 3 is 2.83 bits per heavy atom. The molecule has 0 unspecified atom stereocenters. The number of ether oxygens (including phenoxy) is 1. The summed E-state index contributed by atoms with van der Waals surface area (Å²) in [5.74, 6) is 0.